The van der Waals surface area contributed by atoms with E-state index in [0.29, 0.717) is 11.5 Å². The molecule has 3 aromatic rings. The molecule has 0 aliphatic carbocycles. The first-order chi connectivity index (χ1) is 8.84. The summed E-state index contributed by atoms with van der Waals surface area (Å²) in [5.74, 6) is 0.196. The Kier molecular flexibility index (Phi) is 2.61. The summed E-state index contributed by atoms with van der Waals surface area (Å²) in [5, 5.41) is 7.79. The average molecular weight is 240 g/mol. The smallest absolute Gasteiger partial charge is 0.251 e. The topological polar surface area (TPSA) is 38.9 Å². The minimum Gasteiger partial charge on any atom is -0.416 e. The number of hydrogen-bond acceptors (Lipinski definition) is 3. The van der Waals surface area contributed by atoms with Gasteiger partial charge in [0.25, 0.3) is 5.89 Å². The molecule has 1 aromatic heterocycles. The largest absolute Gasteiger partial charge is 0.416 e. The van der Waals surface area contributed by atoms with E-state index in [1.165, 1.54) is 6.07 Å². The second-order valence-corrected chi connectivity index (χ2v) is 3.76. The fourth-order valence-electron chi connectivity index (χ4n) is 1.66. The summed E-state index contributed by atoms with van der Waals surface area (Å²) in [6, 6.07) is 15.7. The van der Waals surface area contributed by atoms with Crippen LogP contribution in [0.4, 0.5) is 4.39 Å². The average Bonchev–Trinajstić information content (AvgIpc) is 2.90. The van der Waals surface area contributed by atoms with Gasteiger partial charge in [0.2, 0.25) is 5.89 Å². The number of aromatic nitrogens is 2. The molecule has 0 fully saturated rings. The van der Waals surface area contributed by atoms with Crippen LogP contribution in [-0.2, 0) is 0 Å². The van der Waals surface area contributed by atoms with Gasteiger partial charge in [0.15, 0.2) is 0 Å². The summed E-state index contributed by atoms with van der Waals surface area (Å²) < 4.78 is 19.0. The zero-order valence-corrected chi connectivity index (χ0v) is 9.38. The molecule has 18 heavy (non-hydrogen) atoms. The van der Waals surface area contributed by atoms with Crippen LogP contribution in [0.2, 0.25) is 0 Å². The Balaban J connectivity index is 2.03. The molecule has 3 nitrogen and oxygen atoms in total. The minimum atomic E-state index is -0.374. The maximum absolute atomic E-state index is 13.6. The lowest BCUT2D eigenvalue weighted by atomic mass is 10.2. The van der Waals surface area contributed by atoms with Gasteiger partial charge >= 0.3 is 0 Å². The maximum atomic E-state index is 13.6. The second kappa shape index (κ2) is 4.41. The SMILES string of the molecule is Fc1ccccc1-c1nnc(-c2ccccc2)o1. The van der Waals surface area contributed by atoms with Crippen molar-refractivity contribution in [3.63, 3.8) is 0 Å². The molecule has 0 bridgehead atoms. The van der Waals surface area contributed by atoms with Crippen molar-refractivity contribution in [2.45, 2.75) is 0 Å². The van der Waals surface area contributed by atoms with E-state index in [-0.39, 0.29) is 11.7 Å². The van der Waals surface area contributed by atoms with Crippen LogP contribution in [-0.4, -0.2) is 10.2 Å². The molecule has 4 heteroatoms. The fraction of sp³-hybridized carbons (Fsp3) is 0. The van der Waals surface area contributed by atoms with Gasteiger partial charge < -0.3 is 4.42 Å². The van der Waals surface area contributed by atoms with E-state index in [1.54, 1.807) is 18.2 Å². The Morgan fingerprint density at radius 1 is 0.778 bits per heavy atom. The van der Waals surface area contributed by atoms with Crippen LogP contribution in [0.3, 0.4) is 0 Å². The normalized spacial score (nSPS) is 10.5. The lowest BCUT2D eigenvalue weighted by molar-refractivity contribution is 0.570. The summed E-state index contributed by atoms with van der Waals surface area (Å²) in [6.45, 7) is 0. The standard InChI is InChI=1S/C14H9FN2O/c15-12-9-5-4-8-11(12)14-17-16-13(18-14)10-6-2-1-3-7-10/h1-9H. The Labute approximate surface area is 103 Å². The third-order valence-electron chi connectivity index (χ3n) is 2.55. The van der Waals surface area contributed by atoms with Gasteiger partial charge in [-0.1, -0.05) is 30.3 Å². The van der Waals surface area contributed by atoms with E-state index in [2.05, 4.69) is 10.2 Å². The molecule has 0 atom stereocenters. The summed E-state index contributed by atoms with van der Waals surface area (Å²) in [4.78, 5) is 0. The molecule has 0 saturated heterocycles. The quantitative estimate of drug-likeness (QED) is 0.687. The van der Waals surface area contributed by atoms with Gasteiger partial charge in [0.1, 0.15) is 5.82 Å². The maximum Gasteiger partial charge on any atom is 0.251 e. The van der Waals surface area contributed by atoms with Crippen molar-refractivity contribution < 1.29 is 8.81 Å². The van der Waals surface area contributed by atoms with Crippen molar-refractivity contribution in [1.29, 1.82) is 0 Å². The third kappa shape index (κ3) is 1.88. The molecule has 0 unspecified atom stereocenters. The molecule has 0 radical (unpaired) electrons. The van der Waals surface area contributed by atoms with Gasteiger partial charge in [0, 0.05) is 5.56 Å². The predicted molar refractivity (Wildman–Crippen MR) is 65.1 cm³/mol. The molecule has 2 aromatic carbocycles. The number of halogens is 1. The Morgan fingerprint density at radius 2 is 1.44 bits per heavy atom. The van der Waals surface area contributed by atoms with E-state index < -0.39 is 0 Å². The fourth-order valence-corrected chi connectivity index (χ4v) is 1.66. The van der Waals surface area contributed by atoms with Gasteiger partial charge in [-0.25, -0.2) is 4.39 Å². The second-order valence-electron chi connectivity index (χ2n) is 3.76. The monoisotopic (exact) mass is 240 g/mol. The van der Waals surface area contributed by atoms with Crippen LogP contribution in [0.1, 0.15) is 0 Å². The van der Waals surface area contributed by atoms with Crippen LogP contribution in [0.5, 0.6) is 0 Å². The van der Waals surface area contributed by atoms with Gasteiger partial charge in [0.05, 0.1) is 5.56 Å². The van der Waals surface area contributed by atoms with Crippen LogP contribution in [0, 0.1) is 5.82 Å². The highest BCUT2D eigenvalue weighted by Crippen LogP contribution is 2.25. The van der Waals surface area contributed by atoms with E-state index >= 15 is 0 Å². The van der Waals surface area contributed by atoms with Gasteiger partial charge in [-0.05, 0) is 24.3 Å². The number of rotatable bonds is 2. The third-order valence-corrected chi connectivity index (χ3v) is 2.55. The molecule has 3 rings (SSSR count). The van der Waals surface area contributed by atoms with Crippen LogP contribution >= 0.6 is 0 Å². The number of nitrogens with zero attached hydrogens (tertiary/aromatic N) is 2. The van der Waals surface area contributed by atoms with Crippen molar-refractivity contribution in [3.8, 4) is 22.9 Å². The van der Waals surface area contributed by atoms with E-state index in [0.717, 1.165) is 5.56 Å². The summed E-state index contributed by atoms with van der Waals surface area (Å²) in [7, 11) is 0. The summed E-state index contributed by atoms with van der Waals surface area (Å²) in [5.41, 5.74) is 1.12. The highest BCUT2D eigenvalue weighted by atomic mass is 19.1. The minimum absolute atomic E-state index is 0.187. The Hall–Kier alpha value is -2.49. The first kappa shape index (κ1) is 10.7. The Morgan fingerprint density at radius 3 is 2.22 bits per heavy atom. The van der Waals surface area contributed by atoms with Gasteiger partial charge in [-0.2, -0.15) is 0 Å². The van der Waals surface area contributed by atoms with Crippen molar-refractivity contribution >= 4 is 0 Å². The highest BCUT2D eigenvalue weighted by molar-refractivity contribution is 5.58. The zero-order valence-electron chi connectivity index (χ0n) is 9.38. The molecule has 0 saturated carbocycles. The van der Waals surface area contributed by atoms with Crippen molar-refractivity contribution in [2.75, 3.05) is 0 Å². The van der Waals surface area contributed by atoms with Crippen LogP contribution < -0.4 is 0 Å². The first-order valence-electron chi connectivity index (χ1n) is 5.48. The molecular formula is C14H9FN2O. The lowest BCUT2D eigenvalue weighted by Crippen LogP contribution is -1.82. The zero-order chi connectivity index (χ0) is 12.4. The number of benzene rings is 2. The highest BCUT2D eigenvalue weighted by Gasteiger charge is 2.12. The van der Waals surface area contributed by atoms with Crippen molar-refractivity contribution in [2.24, 2.45) is 0 Å². The van der Waals surface area contributed by atoms with Gasteiger partial charge in [-0.15, -0.1) is 10.2 Å². The van der Waals surface area contributed by atoms with E-state index in [4.69, 9.17) is 4.42 Å². The molecule has 0 aliphatic heterocycles. The van der Waals surface area contributed by atoms with Gasteiger partial charge in [-0.3, -0.25) is 0 Å². The number of hydrogen-bond donors (Lipinski definition) is 0. The summed E-state index contributed by atoms with van der Waals surface area (Å²) in [6.07, 6.45) is 0. The van der Waals surface area contributed by atoms with Crippen LogP contribution in [0.15, 0.2) is 59.0 Å². The van der Waals surface area contributed by atoms with E-state index in [1.807, 2.05) is 30.3 Å². The van der Waals surface area contributed by atoms with Crippen molar-refractivity contribution in [3.05, 3.63) is 60.4 Å². The summed E-state index contributed by atoms with van der Waals surface area (Å²) >= 11 is 0. The van der Waals surface area contributed by atoms with Crippen molar-refractivity contribution in [1.82, 2.24) is 10.2 Å². The Bertz CT molecular complexity index is 664. The molecule has 88 valence electrons. The molecular weight excluding hydrogens is 231 g/mol. The first-order valence-corrected chi connectivity index (χ1v) is 5.48. The molecule has 0 spiro atoms. The molecule has 1 heterocycles. The van der Waals surface area contributed by atoms with E-state index in [9.17, 15) is 4.39 Å². The lowest BCUT2D eigenvalue weighted by Gasteiger charge is -1.96. The molecule has 0 N–H and O–H groups in total. The predicted octanol–water partition coefficient (Wildman–Crippen LogP) is 3.54. The van der Waals surface area contributed by atoms with Crippen LogP contribution in [0.25, 0.3) is 22.9 Å². The molecule has 0 aliphatic rings. The molecule has 0 amide bonds.